The zero-order valence-corrected chi connectivity index (χ0v) is 11.6. The highest BCUT2D eigenvalue weighted by molar-refractivity contribution is 6.21. The monoisotopic (exact) mass is 307 g/mol. The number of carbonyl (C=O) groups is 3. The average Bonchev–Trinajstić information content (AvgIpc) is 3.13. The van der Waals surface area contributed by atoms with Gasteiger partial charge in [0.25, 0.3) is 11.8 Å². The number of nitrogens with zero attached hydrogens (tertiary/aromatic N) is 2. The first-order valence-electron chi connectivity index (χ1n) is 6.79. The summed E-state index contributed by atoms with van der Waals surface area (Å²) in [6.45, 7) is 0. The van der Waals surface area contributed by atoms with Gasteiger partial charge in [-0.15, -0.1) is 0 Å². The third-order valence-electron chi connectivity index (χ3n) is 3.54. The lowest BCUT2D eigenvalue weighted by Crippen LogP contribution is -2.32. The smallest absolute Gasteiger partial charge is 0.360 e. The van der Waals surface area contributed by atoms with E-state index in [0.717, 1.165) is 5.52 Å². The van der Waals surface area contributed by atoms with Crippen LogP contribution in [0.2, 0.25) is 0 Å². The number of hydrogen-bond donors (Lipinski definition) is 1. The van der Waals surface area contributed by atoms with Gasteiger partial charge in [-0.2, -0.15) is 0 Å². The minimum atomic E-state index is -0.873. The molecule has 7 heteroatoms. The number of fused-ring (bicyclic) bond motifs is 2. The Morgan fingerprint density at radius 1 is 1.00 bits per heavy atom. The van der Waals surface area contributed by atoms with Crippen molar-refractivity contribution in [3.8, 4) is 0 Å². The first kappa shape index (κ1) is 13.2. The molecule has 112 valence electrons. The Balaban J connectivity index is 1.62. The van der Waals surface area contributed by atoms with Gasteiger partial charge < -0.3 is 9.82 Å². The Labute approximate surface area is 129 Å². The molecule has 1 aliphatic rings. The third-order valence-corrected chi connectivity index (χ3v) is 3.54. The van der Waals surface area contributed by atoms with Crippen molar-refractivity contribution in [3.05, 3.63) is 65.5 Å². The number of imide groups is 1. The van der Waals surface area contributed by atoms with Crippen LogP contribution >= 0.6 is 0 Å². The maximum atomic E-state index is 12.2. The van der Waals surface area contributed by atoms with Crippen LogP contribution in [0.5, 0.6) is 0 Å². The first-order chi connectivity index (χ1) is 11.1. The van der Waals surface area contributed by atoms with Crippen molar-refractivity contribution in [1.82, 2.24) is 15.0 Å². The van der Waals surface area contributed by atoms with Crippen LogP contribution < -0.4 is 0 Å². The molecule has 2 amide bonds. The minimum absolute atomic E-state index is 0.00801. The highest BCUT2D eigenvalue weighted by atomic mass is 16.7. The quantitative estimate of drug-likeness (QED) is 0.730. The van der Waals surface area contributed by atoms with Crippen molar-refractivity contribution in [2.75, 3.05) is 0 Å². The van der Waals surface area contributed by atoms with Gasteiger partial charge in [-0.1, -0.05) is 17.2 Å². The topological polar surface area (TPSA) is 92.4 Å². The molecule has 0 atom stereocenters. The zero-order valence-electron chi connectivity index (χ0n) is 11.6. The summed E-state index contributed by atoms with van der Waals surface area (Å²) >= 11 is 0. The molecule has 0 saturated carbocycles. The average molecular weight is 307 g/mol. The molecule has 0 saturated heterocycles. The van der Waals surface area contributed by atoms with Crippen LogP contribution in [0, 0.1) is 0 Å². The van der Waals surface area contributed by atoms with E-state index in [4.69, 9.17) is 4.84 Å². The highest BCUT2D eigenvalue weighted by Gasteiger charge is 2.38. The summed E-state index contributed by atoms with van der Waals surface area (Å²) in [5.41, 5.74) is 1.77. The Morgan fingerprint density at radius 3 is 2.39 bits per heavy atom. The summed E-state index contributed by atoms with van der Waals surface area (Å²) in [4.78, 5) is 48.5. The van der Waals surface area contributed by atoms with Crippen molar-refractivity contribution in [2.45, 2.75) is 0 Å². The Hall–Kier alpha value is -3.48. The van der Waals surface area contributed by atoms with Crippen molar-refractivity contribution >= 4 is 28.8 Å². The number of amides is 2. The van der Waals surface area contributed by atoms with E-state index in [1.165, 1.54) is 18.2 Å². The van der Waals surface area contributed by atoms with E-state index in [2.05, 4.69) is 9.97 Å². The second-order valence-corrected chi connectivity index (χ2v) is 4.94. The second-order valence-electron chi connectivity index (χ2n) is 4.94. The second kappa shape index (κ2) is 4.77. The molecule has 7 nitrogen and oxygen atoms in total. The lowest BCUT2D eigenvalue weighted by atomic mass is 10.1. The summed E-state index contributed by atoms with van der Waals surface area (Å²) in [5, 5.41) is 0.468. The van der Waals surface area contributed by atoms with Gasteiger partial charge in [-0.05, 0) is 30.3 Å². The predicted octanol–water partition coefficient (Wildman–Crippen LogP) is 1.93. The standard InChI is InChI=1S/C16H9N3O4/c20-14-9-3-1-2-4-10(9)15(21)19(14)23-16(22)13-6-5-11-12(18-13)7-8-17-11/h1-8,17H. The summed E-state index contributed by atoms with van der Waals surface area (Å²) in [5.74, 6) is -2.20. The van der Waals surface area contributed by atoms with E-state index in [1.807, 2.05) is 0 Å². The number of rotatable bonds is 2. The van der Waals surface area contributed by atoms with Gasteiger partial charge in [0.15, 0.2) is 5.69 Å². The fraction of sp³-hybridized carbons (Fsp3) is 0. The van der Waals surface area contributed by atoms with Crippen LogP contribution in [0.4, 0.5) is 0 Å². The molecule has 2 aromatic heterocycles. The lowest BCUT2D eigenvalue weighted by molar-refractivity contribution is -0.0588. The maximum Gasteiger partial charge on any atom is 0.382 e. The van der Waals surface area contributed by atoms with E-state index in [-0.39, 0.29) is 16.8 Å². The highest BCUT2D eigenvalue weighted by Crippen LogP contribution is 2.23. The Kier molecular flexibility index (Phi) is 2.74. The molecule has 23 heavy (non-hydrogen) atoms. The van der Waals surface area contributed by atoms with Crippen LogP contribution in [0.1, 0.15) is 31.2 Å². The summed E-state index contributed by atoms with van der Waals surface area (Å²) in [6, 6.07) is 11.1. The van der Waals surface area contributed by atoms with E-state index >= 15 is 0 Å². The third kappa shape index (κ3) is 1.98. The van der Waals surface area contributed by atoms with Crippen molar-refractivity contribution in [2.24, 2.45) is 0 Å². The van der Waals surface area contributed by atoms with E-state index in [1.54, 1.807) is 30.5 Å². The SMILES string of the molecule is O=C(ON1C(=O)c2ccccc2C1=O)c1ccc2[nH]ccc2n1. The van der Waals surface area contributed by atoms with Gasteiger partial charge >= 0.3 is 5.97 Å². The fourth-order valence-corrected chi connectivity index (χ4v) is 2.43. The van der Waals surface area contributed by atoms with Gasteiger partial charge in [0.1, 0.15) is 0 Å². The van der Waals surface area contributed by atoms with Crippen LogP contribution in [0.25, 0.3) is 11.0 Å². The Bertz CT molecular complexity index is 941. The molecule has 3 aromatic rings. The molecule has 0 radical (unpaired) electrons. The van der Waals surface area contributed by atoms with E-state index in [0.29, 0.717) is 10.6 Å². The summed E-state index contributed by atoms with van der Waals surface area (Å²) in [6.07, 6.45) is 1.69. The lowest BCUT2D eigenvalue weighted by Gasteiger charge is -2.12. The first-order valence-corrected chi connectivity index (χ1v) is 6.79. The molecule has 0 spiro atoms. The Morgan fingerprint density at radius 2 is 1.70 bits per heavy atom. The molecule has 0 bridgehead atoms. The van der Waals surface area contributed by atoms with Crippen LogP contribution in [-0.4, -0.2) is 32.8 Å². The molecule has 0 aliphatic carbocycles. The molecule has 1 aliphatic heterocycles. The molecular weight excluding hydrogens is 298 g/mol. The van der Waals surface area contributed by atoms with Crippen LogP contribution in [0.3, 0.4) is 0 Å². The van der Waals surface area contributed by atoms with Gasteiger partial charge in [0, 0.05) is 6.20 Å². The largest absolute Gasteiger partial charge is 0.382 e. The number of aromatic amines is 1. The van der Waals surface area contributed by atoms with Gasteiger partial charge in [0.05, 0.1) is 22.2 Å². The number of H-pyrrole nitrogens is 1. The van der Waals surface area contributed by atoms with Crippen molar-refractivity contribution in [3.63, 3.8) is 0 Å². The number of nitrogens with one attached hydrogen (secondary N) is 1. The molecule has 4 rings (SSSR count). The van der Waals surface area contributed by atoms with E-state index < -0.39 is 17.8 Å². The maximum absolute atomic E-state index is 12.2. The van der Waals surface area contributed by atoms with Crippen LogP contribution in [0.15, 0.2) is 48.7 Å². The number of carbonyl (C=O) groups excluding carboxylic acids is 3. The number of hydrogen-bond acceptors (Lipinski definition) is 5. The molecule has 0 unspecified atom stereocenters. The molecule has 0 fully saturated rings. The number of pyridine rings is 1. The van der Waals surface area contributed by atoms with Gasteiger partial charge in [-0.25, -0.2) is 9.78 Å². The van der Waals surface area contributed by atoms with Crippen molar-refractivity contribution in [1.29, 1.82) is 0 Å². The van der Waals surface area contributed by atoms with Crippen molar-refractivity contribution < 1.29 is 19.2 Å². The molecule has 1 N–H and O–H groups in total. The molecule has 1 aromatic carbocycles. The minimum Gasteiger partial charge on any atom is -0.360 e. The number of benzene rings is 1. The number of hydroxylamine groups is 2. The van der Waals surface area contributed by atoms with Crippen LogP contribution in [-0.2, 0) is 4.84 Å². The van der Waals surface area contributed by atoms with E-state index in [9.17, 15) is 14.4 Å². The van der Waals surface area contributed by atoms with Gasteiger partial charge in [-0.3, -0.25) is 9.59 Å². The fourth-order valence-electron chi connectivity index (χ4n) is 2.43. The number of aromatic nitrogens is 2. The summed E-state index contributed by atoms with van der Waals surface area (Å²) in [7, 11) is 0. The summed E-state index contributed by atoms with van der Waals surface area (Å²) < 4.78 is 0. The predicted molar refractivity (Wildman–Crippen MR) is 78.5 cm³/mol. The molecule has 3 heterocycles. The molecular formula is C16H9N3O4. The zero-order chi connectivity index (χ0) is 16.0. The van der Waals surface area contributed by atoms with Gasteiger partial charge in [0.2, 0.25) is 0 Å². The normalized spacial score (nSPS) is 13.5.